The number of carbonyl (C=O) groups excluding carboxylic acids is 1. The molecule has 0 heterocycles. The van der Waals surface area contributed by atoms with Crippen LogP contribution in [0.4, 0.5) is 5.69 Å². The molecule has 1 aromatic rings. The van der Waals surface area contributed by atoms with Gasteiger partial charge < -0.3 is 20.9 Å². The Bertz CT molecular complexity index is 664. The summed E-state index contributed by atoms with van der Waals surface area (Å²) in [6.07, 6.45) is -0.369. The third-order valence-corrected chi connectivity index (χ3v) is 3.67. The van der Waals surface area contributed by atoms with Crippen LogP contribution in [0.25, 0.3) is 0 Å². The number of nitrogens with two attached hydrogens (primary N) is 1. The lowest BCUT2D eigenvalue weighted by atomic mass is 9.87. The maximum absolute atomic E-state index is 12.4. The lowest BCUT2D eigenvalue weighted by Crippen LogP contribution is -2.33. The maximum Gasteiger partial charge on any atom is 0.165 e. The lowest BCUT2D eigenvalue weighted by molar-refractivity contribution is 0.0939. The van der Waals surface area contributed by atoms with Crippen LogP contribution in [0.2, 0.25) is 0 Å². The molecule has 0 saturated heterocycles. The second-order valence-electron chi connectivity index (χ2n) is 8.19. The van der Waals surface area contributed by atoms with E-state index in [1.54, 1.807) is 12.1 Å². The molecule has 0 fully saturated rings. The van der Waals surface area contributed by atoms with Gasteiger partial charge in [-0.25, -0.2) is 0 Å². The third kappa shape index (κ3) is 8.61. The van der Waals surface area contributed by atoms with Crippen molar-refractivity contribution in [3.05, 3.63) is 23.3 Å². The Morgan fingerprint density at radius 1 is 1.33 bits per heavy atom. The van der Waals surface area contributed by atoms with Crippen LogP contribution >= 0.6 is 12.4 Å². The number of carbonyl (C=O) groups is 1. The van der Waals surface area contributed by atoms with Crippen LogP contribution < -0.4 is 15.8 Å². The summed E-state index contributed by atoms with van der Waals surface area (Å²) >= 11 is 0. The van der Waals surface area contributed by atoms with E-state index in [0.29, 0.717) is 24.4 Å². The number of halogens is 1. The fourth-order valence-electron chi connectivity index (χ4n) is 2.44. The molecule has 152 valence electrons. The molecule has 27 heavy (non-hydrogen) atoms. The predicted molar refractivity (Wildman–Crippen MR) is 110 cm³/mol. The van der Waals surface area contributed by atoms with Crippen molar-refractivity contribution in [3.8, 4) is 11.8 Å². The van der Waals surface area contributed by atoms with E-state index in [2.05, 4.69) is 19.2 Å². The van der Waals surface area contributed by atoms with Gasteiger partial charge in [0.15, 0.2) is 5.78 Å². The van der Waals surface area contributed by atoms with Gasteiger partial charge in [0.05, 0.1) is 5.69 Å². The third-order valence-electron chi connectivity index (χ3n) is 3.67. The summed E-state index contributed by atoms with van der Waals surface area (Å²) in [6, 6.07) is 5.16. The van der Waals surface area contributed by atoms with Gasteiger partial charge in [-0.15, -0.1) is 12.4 Å². The van der Waals surface area contributed by atoms with E-state index in [9.17, 15) is 15.2 Å². The fraction of sp³-hybridized carbons (Fsp3) is 0.600. The van der Waals surface area contributed by atoms with E-state index in [-0.39, 0.29) is 47.2 Å². The highest BCUT2D eigenvalue weighted by Crippen LogP contribution is 2.30. The molecule has 0 aliphatic heterocycles. The first kappa shape index (κ1) is 25.2. The number of Topliss-reactive ketones (excluding diaryl/α,β-unsaturated/α-hetero) is 1. The molecular formula is C20H32ClN3O3. The Morgan fingerprint density at radius 2 is 1.96 bits per heavy atom. The molecule has 0 aromatic heterocycles. The van der Waals surface area contributed by atoms with Crippen molar-refractivity contribution in [3.63, 3.8) is 0 Å². The predicted octanol–water partition coefficient (Wildman–Crippen LogP) is 3.17. The summed E-state index contributed by atoms with van der Waals surface area (Å²) < 4.78 is 5.56. The second kappa shape index (κ2) is 11.1. The number of nitrogens with zero attached hydrogens (tertiary/aromatic N) is 1. The van der Waals surface area contributed by atoms with Crippen molar-refractivity contribution in [1.82, 2.24) is 5.32 Å². The molecule has 4 N–H and O–H groups in total. The number of anilines is 1. The molecule has 0 bridgehead atoms. The number of nitrogens with one attached hydrogen (secondary N) is 1. The molecule has 0 aliphatic carbocycles. The fourth-order valence-corrected chi connectivity index (χ4v) is 2.44. The van der Waals surface area contributed by atoms with Crippen molar-refractivity contribution < 1.29 is 14.6 Å². The molecule has 0 spiro atoms. The van der Waals surface area contributed by atoms with Crippen LogP contribution in [0.1, 0.15) is 57.0 Å². The summed E-state index contributed by atoms with van der Waals surface area (Å²) in [6.45, 7) is 11.3. The van der Waals surface area contributed by atoms with Gasteiger partial charge >= 0.3 is 0 Å². The van der Waals surface area contributed by atoms with E-state index >= 15 is 0 Å². The largest absolute Gasteiger partial charge is 0.489 e. The average Bonchev–Trinajstić information content (AvgIpc) is 2.50. The topological polar surface area (TPSA) is 108 Å². The molecule has 1 aromatic carbocycles. The highest BCUT2D eigenvalue weighted by molar-refractivity contribution is 6.02. The zero-order valence-electron chi connectivity index (χ0n) is 16.8. The number of nitrogen functional groups attached to an aromatic ring is 1. The monoisotopic (exact) mass is 397 g/mol. The van der Waals surface area contributed by atoms with E-state index in [0.717, 1.165) is 6.54 Å². The van der Waals surface area contributed by atoms with Gasteiger partial charge in [-0.3, -0.25) is 4.79 Å². The van der Waals surface area contributed by atoms with Crippen LogP contribution in [0.15, 0.2) is 12.1 Å². The first-order chi connectivity index (χ1) is 12.0. The van der Waals surface area contributed by atoms with Gasteiger partial charge in [0, 0.05) is 18.5 Å². The van der Waals surface area contributed by atoms with Crippen LogP contribution in [0.3, 0.4) is 0 Å². The quantitative estimate of drug-likeness (QED) is 0.436. The smallest absolute Gasteiger partial charge is 0.165 e. The lowest BCUT2D eigenvalue weighted by Gasteiger charge is -2.19. The average molecular weight is 398 g/mol. The van der Waals surface area contributed by atoms with Gasteiger partial charge in [-0.05, 0) is 30.0 Å². The molecule has 1 unspecified atom stereocenters. The summed E-state index contributed by atoms with van der Waals surface area (Å²) in [5.74, 6) is 0.669. The van der Waals surface area contributed by atoms with E-state index < -0.39 is 6.10 Å². The standard InChI is InChI=1S/C20H31N3O3.ClH/c1-13(2)10-23-11-14(24)12-26-18-7-6-15(19(22)16(18)9-21)17(25)8-20(3,4)5;/h6-7,13-14,23-24H,8,10-12,22H2,1-5H3;1H. The molecular weight excluding hydrogens is 366 g/mol. The number of ketones is 1. The number of ether oxygens (including phenoxy) is 1. The van der Waals surface area contributed by atoms with Crippen molar-refractivity contribution in [1.29, 1.82) is 5.26 Å². The number of hydrogen-bond acceptors (Lipinski definition) is 6. The van der Waals surface area contributed by atoms with Gasteiger partial charge in [0.1, 0.15) is 30.1 Å². The molecule has 7 heteroatoms. The Balaban J connectivity index is 0.00000676. The second-order valence-corrected chi connectivity index (χ2v) is 8.19. The number of rotatable bonds is 9. The Kier molecular flexibility index (Phi) is 10.4. The molecule has 0 saturated carbocycles. The van der Waals surface area contributed by atoms with Crippen LogP contribution in [0.5, 0.6) is 5.75 Å². The van der Waals surface area contributed by atoms with E-state index in [1.807, 2.05) is 26.8 Å². The minimum atomic E-state index is -0.705. The molecule has 0 radical (unpaired) electrons. The minimum Gasteiger partial charge on any atom is -0.489 e. The van der Waals surface area contributed by atoms with Crippen molar-refractivity contribution in [2.24, 2.45) is 11.3 Å². The number of nitriles is 1. The first-order valence-electron chi connectivity index (χ1n) is 8.92. The van der Waals surface area contributed by atoms with Crippen LogP contribution in [-0.4, -0.2) is 36.7 Å². The summed E-state index contributed by atoms with van der Waals surface area (Å²) in [4.78, 5) is 12.4. The Morgan fingerprint density at radius 3 is 2.48 bits per heavy atom. The summed E-state index contributed by atoms with van der Waals surface area (Å²) in [7, 11) is 0. The molecule has 6 nitrogen and oxygen atoms in total. The molecule has 1 rings (SSSR count). The van der Waals surface area contributed by atoms with Gasteiger partial charge in [0.25, 0.3) is 0 Å². The van der Waals surface area contributed by atoms with E-state index in [1.165, 1.54) is 0 Å². The van der Waals surface area contributed by atoms with Crippen molar-refractivity contribution in [2.45, 2.75) is 47.1 Å². The SMILES string of the molecule is CC(C)CNCC(O)COc1ccc(C(=O)CC(C)(C)C)c(N)c1C#N.Cl. The van der Waals surface area contributed by atoms with Crippen molar-refractivity contribution in [2.75, 3.05) is 25.4 Å². The van der Waals surface area contributed by atoms with Gasteiger partial charge in [-0.2, -0.15) is 5.26 Å². The van der Waals surface area contributed by atoms with Crippen LogP contribution in [0, 0.1) is 22.7 Å². The Labute approximate surface area is 168 Å². The van der Waals surface area contributed by atoms with Gasteiger partial charge in [0.2, 0.25) is 0 Å². The van der Waals surface area contributed by atoms with Gasteiger partial charge in [-0.1, -0.05) is 34.6 Å². The molecule has 1 atom stereocenters. The first-order valence-corrected chi connectivity index (χ1v) is 8.92. The number of hydrogen-bond donors (Lipinski definition) is 3. The molecule has 0 aliphatic rings. The molecule has 0 amide bonds. The van der Waals surface area contributed by atoms with Crippen LogP contribution in [-0.2, 0) is 0 Å². The van der Waals surface area contributed by atoms with Crippen molar-refractivity contribution >= 4 is 23.9 Å². The normalized spacial score (nSPS) is 12.2. The number of benzene rings is 1. The Hall–Kier alpha value is -1.81. The zero-order chi connectivity index (χ0) is 19.9. The number of aliphatic hydroxyl groups excluding tert-OH is 1. The number of aliphatic hydroxyl groups is 1. The highest BCUT2D eigenvalue weighted by atomic mass is 35.5. The zero-order valence-corrected chi connectivity index (χ0v) is 17.7. The summed E-state index contributed by atoms with van der Waals surface area (Å²) in [5.41, 5.74) is 6.47. The summed E-state index contributed by atoms with van der Waals surface area (Å²) in [5, 5.41) is 22.5. The highest BCUT2D eigenvalue weighted by Gasteiger charge is 2.22. The maximum atomic E-state index is 12.4. The van der Waals surface area contributed by atoms with E-state index in [4.69, 9.17) is 10.5 Å². The minimum absolute atomic E-state index is 0.